The first kappa shape index (κ1) is 13.1. The highest BCUT2D eigenvalue weighted by molar-refractivity contribution is 6.30. The zero-order valence-corrected chi connectivity index (χ0v) is 11.4. The van der Waals surface area contributed by atoms with Gasteiger partial charge in [0.15, 0.2) is 0 Å². The van der Waals surface area contributed by atoms with E-state index in [-0.39, 0.29) is 11.9 Å². The van der Waals surface area contributed by atoms with Gasteiger partial charge < -0.3 is 15.2 Å². The first-order valence-corrected chi connectivity index (χ1v) is 6.74. The molecule has 1 unspecified atom stereocenters. The zero-order valence-electron chi connectivity index (χ0n) is 10.6. The van der Waals surface area contributed by atoms with Gasteiger partial charge in [0.2, 0.25) is 5.89 Å². The van der Waals surface area contributed by atoms with Crippen LogP contribution in [0.1, 0.15) is 35.4 Å². The third-order valence-corrected chi connectivity index (χ3v) is 3.32. The van der Waals surface area contributed by atoms with Crippen LogP contribution < -0.4 is 10.6 Å². The average Bonchev–Trinajstić information content (AvgIpc) is 3.10. The van der Waals surface area contributed by atoms with Gasteiger partial charge in [-0.2, -0.15) is 4.98 Å². The van der Waals surface area contributed by atoms with Crippen LogP contribution in [0.3, 0.4) is 0 Å². The maximum atomic E-state index is 12.0. The number of nitrogens with one attached hydrogen (secondary N) is 2. The summed E-state index contributed by atoms with van der Waals surface area (Å²) in [6.07, 6.45) is 2.01. The van der Waals surface area contributed by atoms with Crippen molar-refractivity contribution in [2.75, 3.05) is 11.9 Å². The maximum Gasteiger partial charge on any atom is 0.297 e. The summed E-state index contributed by atoms with van der Waals surface area (Å²) < 4.78 is 5.12. The van der Waals surface area contributed by atoms with Crippen molar-refractivity contribution in [2.24, 2.45) is 0 Å². The highest BCUT2D eigenvalue weighted by atomic mass is 35.5. The molecule has 6 nitrogen and oxygen atoms in total. The lowest BCUT2D eigenvalue weighted by Crippen LogP contribution is -2.15. The molecule has 1 atom stereocenters. The summed E-state index contributed by atoms with van der Waals surface area (Å²) in [7, 11) is 0. The van der Waals surface area contributed by atoms with Crippen molar-refractivity contribution in [3.05, 3.63) is 41.0 Å². The minimum Gasteiger partial charge on any atom is -0.337 e. The molecule has 104 valence electrons. The van der Waals surface area contributed by atoms with Gasteiger partial charge in [0.25, 0.3) is 11.7 Å². The molecule has 1 saturated heterocycles. The van der Waals surface area contributed by atoms with Crippen molar-refractivity contribution in [1.82, 2.24) is 15.5 Å². The summed E-state index contributed by atoms with van der Waals surface area (Å²) in [5, 5.41) is 10.2. The highest BCUT2D eigenvalue weighted by Gasteiger charge is 2.24. The molecule has 0 spiro atoms. The van der Waals surface area contributed by atoms with Gasteiger partial charge in [-0.15, -0.1) is 0 Å². The molecule has 0 saturated carbocycles. The van der Waals surface area contributed by atoms with E-state index in [9.17, 15) is 4.79 Å². The molecule has 0 bridgehead atoms. The van der Waals surface area contributed by atoms with E-state index < -0.39 is 5.91 Å². The van der Waals surface area contributed by atoms with Crippen molar-refractivity contribution in [1.29, 1.82) is 0 Å². The molecule has 0 radical (unpaired) electrons. The van der Waals surface area contributed by atoms with Crippen molar-refractivity contribution in [2.45, 2.75) is 18.9 Å². The summed E-state index contributed by atoms with van der Waals surface area (Å²) in [6, 6.07) is 6.93. The fourth-order valence-electron chi connectivity index (χ4n) is 2.12. The maximum absolute atomic E-state index is 12.0. The number of anilines is 1. The molecule has 2 heterocycles. The number of amides is 1. The van der Waals surface area contributed by atoms with E-state index in [4.69, 9.17) is 16.1 Å². The number of carbonyl (C=O) groups is 1. The number of hydrogen-bond donors (Lipinski definition) is 2. The van der Waals surface area contributed by atoms with Gasteiger partial charge in [0, 0.05) is 10.7 Å². The Morgan fingerprint density at radius 3 is 3.15 bits per heavy atom. The van der Waals surface area contributed by atoms with Gasteiger partial charge in [-0.3, -0.25) is 4.79 Å². The van der Waals surface area contributed by atoms with Crippen molar-refractivity contribution < 1.29 is 9.32 Å². The predicted octanol–water partition coefficient (Wildman–Crippen LogP) is 2.40. The molecule has 0 aliphatic carbocycles. The molecule has 3 rings (SSSR count). The zero-order chi connectivity index (χ0) is 13.9. The number of halogens is 1. The summed E-state index contributed by atoms with van der Waals surface area (Å²) in [5.74, 6) is 0.0627. The SMILES string of the molecule is O=C(Nc1cccc(Cl)c1)c1noc(C2CCCN2)n1. The molecule has 2 N–H and O–H groups in total. The van der Waals surface area contributed by atoms with E-state index in [0.717, 1.165) is 19.4 Å². The summed E-state index contributed by atoms with van der Waals surface area (Å²) in [4.78, 5) is 16.1. The van der Waals surface area contributed by atoms with Crippen LogP contribution in [-0.2, 0) is 0 Å². The quantitative estimate of drug-likeness (QED) is 0.908. The highest BCUT2D eigenvalue weighted by Crippen LogP contribution is 2.21. The third kappa shape index (κ3) is 2.81. The smallest absolute Gasteiger partial charge is 0.297 e. The van der Waals surface area contributed by atoms with Crippen molar-refractivity contribution >= 4 is 23.2 Å². The topological polar surface area (TPSA) is 80.0 Å². The average molecular weight is 293 g/mol. The molecule has 2 aromatic rings. The molecule has 1 aliphatic rings. The number of benzene rings is 1. The number of rotatable bonds is 3. The van der Waals surface area contributed by atoms with Crippen LogP contribution in [0, 0.1) is 0 Å². The lowest BCUT2D eigenvalue weighted by atomic mass is 10.2. The second kappa shape index (κ2) is 5.60. The van der Waals surface area contributed by atoms with Crippen LogP contribution in [-0.4, -0.2) is 22.6 Å². The Morgan fingerprint density at radius 1 is 1.50 bits per heavy atom. The van der Waals surface area contributed by atoms with Crippen molar-refractivity contribution in [3.8, 4) is 0 Å². The Hall–Kier alpha value is -1.92. The van der Waals surface area contributed by atoms with Crippen molar-refractivity contribution in [3.63, 3.8) is 0 Å². The molecule has 1 aromatic carbocycles. The van der Waals surface area contributed by atoms with Crippen LogP contribution in [0.15, 0.2) is 28.8 Å². The Balaban J connectivity index is 1.71. The fourth-order valence-corrected chi connectivity index (χ4v) is 2.31. The Labute approximate surface area is 120 Å². The molecule has 1 aromatic heterocycles. The van der Waals surface area contributed by atoms with Gasteiger partial charge in [-0.1, -0.05) is 22.8 Å². The van der Waals surface area contributed by atoms with Gasteiger partial charge in [-0.25, -0.2) is 0 Å². The Bertz CT molecular complexity index is 622. The van der Waals surface area contributed by atoms with Crippen LogP contribution in [0.25, 0.3) is 0 Å². The van der Waals surface area contributed by atoms with Crippen LogP contribution in [0.5, 0.6) is 0 Å². The third-order valence-electron chi connectivity index (χ3n) is 3.09. The van der Waals surface area contributed by atoms with E-state index in [1.54, 1.807) is 24.3 Å². The predicted molar refractivity (Wildman–Crippen MR) is 73.7 cm³/mol. The van der Waals surface area contributed by atoms with Gasteiger partial charge in [0.05, 0.1) is 6.04 Å². The van der Waals surface area contributed by atoms with E-state index in [1.165, 1.54) is 0 Å². The molecule has 1 aliphatic heterocycles. The summed E-state index contributed by atoms with van der Waals surface area (Å²) in [6.45, 7) is 0.928. The van der Waals surface area contributed by atoms with Gasteiger partial charge >= 0.3 is 0 Å². The Morgan fingerprint density at radius 2 is 2.40 bits per heavy atom. The van der Waals surface area contributed by atoms with Crippen LogP contribution in [0.4, 0.5) is 5.69 Å². The lowest BCUT2D eigenvalue weighted by Gasteiger charge is -2.02. The van der Waals surface area contributed by atoms with Gasteiger partial charge in [0.1, 0.15) is 0 Å². The monoisotopic (exact) mass is 292 g/mol. The Kier molecular flexibility index (Phi) is 3.66. The number of nitrogens with zero attached hydrogens (tertiary/aromatic N) is 2. The first-order chi connectivity index (χ1) is 9.72. The molecular weight excluding hydrogens is 280 g/mol. The second-order valence-electron chi connectivity index (χ2n) is 4.57. The largest absolute Gasteiger partial charge is 0.337 e. The molecule has 1 amide bonds. The normalized spacial score (nSPS) is 18.1. The van der Waals surface area contributed by atoms with E-state index in [1.807, 2.05) is 0 Å². The summed E-state index contributed by atoms with van der Waals surface area (Å²) in [5.41, 5.74) is 0.591. The molecule has 7 heteroatoms. The fraction of sp³-hybridized carbons (Fsp3) is 0.308. The van der Waals surface area contributed by atoms with E-state index in [2.05, 4.69) is 20.8 Å². The molecular formula is C13H13ClN4O2. The molecule has 1 fully saturated rings. The minimum absolute atomic E-state index is 0.0219. The number of hydrogen-bond acceptors (Lipinski definition) is 5. The van der Waals surface area contributed by atoms with Gasteiger partial charge in [-0.05, 0) is 37.6 Å². The molecule has 20 heavy (non-hydrogen) atoms. The van der Waals surface area contributed by atoms with Crippen LogP contribution in [0.2, 0.25) is 5.02 Å². The van der Waals surface area contributed by atoms with E-state index >= 15 is 0 Å². The van der Waals surface area contributed by atoms with E-state index in [0.29, 0.717) is 16.6 Å². The first-order valence-electron chi connectivity index (χ1n) is 6.36. The minimum atomic E-state index is -0.416. The standard InChI is InChI=1S/C13H13ClN4O2/c14-8-3-1-4-9(7-8)16-12(19)11-17-13(20-18-11)10-5-2-6-15-10/h1,3-4,7,10,15H,2,5-6H2,(H,16,19). The second-order valence-corrected chi connectivity index (χ2v) is 5.01. The number of carbonyl (C=O) groups excluding carboxylic acids is 1. The van der Waals surface area contributed by atoms with Crippen LogP contribution >= 0.6 is 11.6 Å². The lowest BCUT2D eigenvalue weighted by molar-refractivity contribution is 0.101. The number of aromatic nitrogens is 2. The summed E-state index contributed by atoms with van der Waals surface area (Å²) >= 11 is 5.86.